The molecule has 1 aromatic heterocycles. The van der Waals surface area contributed by atoms with E-state index >= 15 is 0 Å². The second-order valence-electron chi connectivity index (χ2n) is 5.98. The number of rotatable bonds is 7. The first-order valence-corrected chi connectivity index (χ1v) is 8.39. The van der Waals surface area contributed by atoms with Gasteiger partial charge >= 0.3 is 0 Å². The van der Waals surface area contributed by atoms with Gasteiger partial charge in [-0.15, -0.1) is 0 Å². The lowest BCUT2D eigenvalue weighted by atomic mass is 10.1. The monoisotopic (exact) mass is 323 g/mol. The molecular weight excluding hydrogens is 298 g/mol. The van der Waals surface area contributed by atoms with Gasteiger partial charge in [0.25, 0.3) is 0 Å². The molecule has 0 spiro atoms. The molecule has 0 aliphatic carbocycles. The number of imidazole rings is 1. The second-order valence-corrected chi connectivity index (χ2v) is 5.98. The molecule has 128 valence electrons. The molecule has 0 bridgehead atoms. The van der Waals surface area contributed by atoms with E-state index in [0.717, 1.165) is 38.2 Å². The first-order chi connectivity index (χ1) is 11.3. The van der Waals surface area contributed by atoms with Crippen molar-refractivity contribution in [1.29, 1.82) is 0 Å². The zero-order valence-corrected chi connectivity index (χ0v) is 13.6. The van der Waals surface area contributed by atoms with Crippen LogP contribution in [0.1, 0.15) is 38.1 Å². The fourth-order valence-electron chi connectivity index (χ4n) is 3.14. The third-order valence-corrected chi connectivity index (χ3v) is 4.34. The molecule has 3 rings (SSSR count). The first kappa shape index (κ1) is 16.4. The summed E-state index contributed by atoms with van der Waals surface area (Å²) in [6.07, 6.45) is 6.53. The lowest BCUT2D eigenvalue weighted by molar-refractivity contribution is -0.128. The average molecular weight is 323 g/mol. The molecule has 1 aromatic rings. The van der Waals surface area contributed by atoms with Crippen molar-refractivity contribution in [3.63, 3.8) is 0 Å². The van der Waals surface area contributed by atoms with Crippen LogP contribution in [0.15, 0.2) is 12.4 Å². The maximum absolute atomic E-state index is 12.1. The molecule has 1 amide bonds. The average Bonchev–Trinajstić information content (AvgIpc) is 3.28. The molecule has 0 saturated carbocycles. The number of nitrogens with one attached hydrogen (secondary N) is 1. The summed E-state index contributed by atoms with van der Waals surface area (Å²) in [5.74, 6) is 0.758. The van der Waals surface area contributed by atoms with Crippen LogP contribution in [0.5, 0.6) is 0 Å². The van der Waals surface area contributed by atoms with Crippen LogP contribution in [0.3, 0.4) is 0 Å². The van der Waals surface area contributed by atoms with E-state index in [-0.39, 0.29) is 30.8 Å². The number of hydrogen-bond donors (Lipinski definition) is 1. The molecule has 23 heavy (non-hydrogen) atoms. The zero-order chi connectivity index (χ0) is 16.1. The Morgan fingerprint density at radius 1 is 1.43 bits per heavy atom. The van der Waals surface area contributed by atoms with Crippen LogP contribution in [-0.4, -0.2) is 54.0 Å². The number of hydrogen-bond acceptors (Lipinski definition) is 5. The van der Waals surface area contributed by atoms with E-state index in [1.165, 1.54) is 0 Å². The predicted molar refractivity (Wildman–Crippen MR) is 82.9 cm³/mol. The van der Waals surface area contributed by atoms with Crippen LogP contribution in [0, 0.1) is 0 Å². The van der Waals surface area contributed by atoms with Crippen LogP contribution >= 0.6 is 0 Å². The summed E-state index contributed by atoms with van der Waals surface area (Å²) in [4.78, 5) is 16.5. The van der Waals surface area contributed by atoms with Crippen molar-refractivity contribution in [2.24, 2.45) is 0 Å². The molecule has 0 aromatic carbocycles. The largest absolute Gasteiger partial charge is 0.376 e. The van der Waals surface area contributed by atoms with Crippen LogP contribution in [0.25, 0.3) is 0 Å². The Bertz CT molecular complexity index is 513. The summed E-state index contributed by atoms with van der Waals surface area (Å²) >= 11 is 0. The fraction of sp³-hybridized carbons (Fsp3) is 0.750. The Labute approximate surface area is 136 Å². The van der Waals surface area contributed by atoms with Gasteiger partial charge in [-0.1, -0.05) is 0 Å². The van der Waals surface area contributed by atoms with E-state index in [9.17, 15) is 4.79 Å². The van der Waals surface area contributed by atoms with Crippen LogP contribution in [-0.2, 0) is 25.5 Å². The van der Waals surface area contributed by atoms with E-state index in [4.69, 9.17) is 14.2 Å². The van der Waals surface area contributed by atoms with Gasteiger partial charge in [0.15, 0.2) is 0 Å². The molecule has 0 unspecified atom stereocenters. The van der Waals surface area contributed by atoms with Crippen molar-refractivity contribution in [3.05, 3.63) is 18.2 Å². The van der Waals surface area contributed by atoms with Gasteiger partial charge in [0.2, 0.25) is 5.91 Å². The summed E-state index contributed by atoms with van der Waals surface area (Å²) in [5.41, 5.74) is 0. The summed E-state index contributed by atoms with van der Waals surface area (Å²) in [6, 6.07) is -0.0541. The molecule has 7 nitrogen and oxygen atoms in total. The fourth-order valence-corrected chi connectivity index (χ4v) is 3.14. The molecule has 2 aliphatic rings. The number of carbonyl (C=O) groups excluding carboxylic acids is 1. The van der Waals surface area contributed by atoms with Gasteiger partial charge in [-0.05, 0) is 26.2 Å². The zero-order valence-electron chi connectivity index (χ0n) is 13.6. The number of carbonyl (C=O) groups is 1. The smallest absolute Gasteiger partial charge is 0.246 e. The standard InChI is InChI=1S/C16H25N3O4/c1-2-19-7-6-17-16(19)15-13(5-9-23-15)18-14(20)11-21-10-12-4-3-8-22-12/h6-7,12-13,15H,2-5,8-11H2,1H3,(H,18,20)/t12-,13+,15+/m1/s1. The predicted octanol–water partition coefficient (Wildman–Crippen LogP) is 1.04. The summed E-state index contributed by atoms with van der Waals surface area (Å²) in [6.45, 7) is 4.87. The lowest BCUT2D eigenvalue weighted by Gasteiger charge is -2.20. The quantitative estimate of drug-likeness (QED) is 0.812. The summed E-state index contributed by atoms with van der Waals surface area (Å²) in [7, 11) is 0. The molecule has 3 atom stereocenters. The van der Waals surface area contributed by atoms with Crippen molar-refractivity contribution in [1.82, 2.24) is 14.9 Å². The Morgan fingerprint density at radius 2 is 2.35 bits per heavy atom. The van der Waals surface area contributed by atoms with Gasteiger partial charge in [0, 0.05) is 32.2 Å². The van der Waals surface area contributed by atoms with Gasteiger partial charge in [0.05, 0.1) is 18.8 Å². The van der Waals surface area contributed by atoms with Crippen molar-refractivity contribution in [2.75, 3.05) is 26.4 Å². The van der Waals surface area contributed by atoms with Crippen molar-refractivity contribution >= 4 is 5.91 Å². The Hall–Kier alpha value is -1.44. The number of aryl methyl sites for hydroxylation is 1. The normalized spacial score (nSPS) is 27.4. The van der Waals surface area contributed by atoms with Crippen LogP contribution in [0.4, 0.5) is 0 Å². The Morgan fingerprint density at radius 3 is 3.13 bits per heavy atom. The van der Waals surface area contributed by atoms with E-state index in [0.29, 0.717) is 13.2 Å². The minimum Gasteiger partial charge on any atom is -0.376 e. The molecule has 2 saturated heterocycles. The summed E-state index contributed by atoms with van der Waals surface area (Å²) < 4.78 is 18.8. The molecule has 3 heterocycles. The molecule has 1 N–H and O–H groups in total. The topological polar surface area (TPSA) is 74.6 Å². The van der Waals surface area contributed by atoms with Gasteiger partial charge in [-0.2, -0.15) is 0 Å². The van der Waals surface area contributed by atoms with E-state index < -0.39 is 0 Å². The Kier molecular flexibility index (Phi) is 5.64. The number of ether oxygens (including phenoxy) is 3. The van der Waals surface area contributed by atoms with Gasteiger partial charge in [0.1, 0.15) is 18.5 Å². The molecule has 2 aliphatic heterocycles. The van der Waals surface area contributed by atoms with Gasteiger partial charge in [-0.25, -0.2) is 4.98 Å². The Balaban J connectivity index is 1.47. The van der Waals surface area contributed by atoms with E-state index in [1.807, 2.05) is 10.8 Å². The van der Waals surface area contributed by atoms with Crippen molar-refractivity contribution < 1.29 is 19.0 Å². The third kappa shape index (κ3) is 4.10. The molecule has 7 heteroatoms. The lowest BCUT2D eigenvalue weighted by Crippen LogP contribution is -2.40. The number of amides is 1. The highest BCUT2D eigenvalue weighted by Crippen LogP contribution is 2.28. The molecular formula is C16H25N3O4. The minimum absolute atomic E-state index is 0.0541. The second kappa shape index (κ2) is 7.90. The van der Waals surface area contributed by atoms with E-state index in [1.54, 1.807) is 6.20 Å². The highest BCUT2D eigenvalue weighted by atomic mass is 16.5. The molecule has 0 radical (unpaired) electrons. The third-order valence-electron chi connectivity index (χ3n) is 4.34. The van der Waals surface area contributed by atoms with Gasteiger partial charge in [-0.3, -0.25) is 4.79 Å². The number of aromatic nitrogens is 2. The van der Waals surface area contributed by atoms with E-state index in [2.05, 4.69) is 17.2 Å². The first-order valence-electron chi connectivity index (χ1n) is 8.39. The summed E-state index contributed by atoms with van der Waals surface area (Å²) in [5, 5.41) is 3.01. The van der Waals surface area contributed by atoms with Crippen molar-refractivity contribution in [2.45, 2.75) is 51.0 Å². The highest BCUT2D eigenvalue weighted by molar-refractivity contribution is 5.77. The number of nitrogens with zero attached hydrogens (tertiary/aromatic N) is 2. The SMILES string of the molecule is CCn1ccnc1[C@H]1OCC[C@@H]1NC(=O)COC[C@H]1CCCO1. The maximum Gasteiger partial charge on any atom is 0.246 e. The highest BCUT2D eigenvalue weighted by Gasteiger charge is 2.33. The van der Waals surface area contributed by atoms with Gasteiger partial charge < -0.3 is 24.1 Å². The van der Waals surface area contributed by atoms with Crippen molar-refractivity contribution in [3.8, 4) is 0 Å². The molecule has 2 fully saturated rings. The van der Waals surface area contributed by atoms with Crippen LogP contribution < -0.4 is 5.32 Å². The van der Waals surface area contributed by atoms with Crippen LogP contribution in [0.2, 0.25) is 0 Å². The minimum atomic E-state index is -0.188. The maximum atomic E-state index is 12.1.